The molecule has 5 aromatic carbocycles. The summed E-state index contributed by atoms with van der Waals surface area (Å²) in [6.45, 7) is 16.3. The van der Waals surface area contributed by atoms with Crippen LogP contribution in [0, 0.1) is 36.5 Å². The van der Waals surface area contributed by atoms with Crippen molar-refractivity contribution in [3.63, 3.8) is 0 Å². The Kier molecular flexibility index (Phi) is 26.0. The van der Waals surface area contributed by atoms with E-state index in [1.54, 1.807) is 84.0 Å². The lowest BCUT2D eigenvalue weighted by Crippen LogP contribution is -2.54. The van der Waals surface area contributed by atoms with Crippen LogP contribution in [0.5, 0.6) is 11.5 Å². The van der Waals surface area contributed by atoms with Crippen molar-refractivity contribution in [3.8, 4) is 11.5 Å². The number of nitrogens with two attached hydrogens (primary N) is 1. The average molecular weight is 1500 g/mol. The Morgan fingerprint density at radius 1 is 0.798 bits per heavy atom. The fraction of sp³-hybridized carbons (Fsp3) is 0.450. The lowest BCUT2D eigenvalue weighted by Gasteiger charge is -2.36. The van der Waals surface area contributed by atoms with Crippen molar-refractivity contribution in [2.24, 2.45) is 35.3 Å². The number of nitrogens with one attached hydrogen (secondary N) is 6. The number of methoxy groups -OCH3 is 1. The number of allylic oxidation sites excluding steroid dienone is 2. The number of amides is 8. The molecule has 29 nitrogen and oxygen atoms in total. The van der Waals surface area contributed by atoms with Crippen molar-refractivity contribution in [2.45, 2.75) is 168 Å². The first-order valence-corrected chi connectivity index (χ1v) is 36.8. The third-order valence-corrected chi connectivity index (χ3v) is 21.1. The normalized spacial score (nSPS) is 23.8. The molecule has 8 amide bonds. The predicted octanol–water partition coefficient (Wildman–Crippen LogP) is 7.42. The number of ether oxygens (including phenoxy) is 3. The molecule has 109 heavy (non-hydrogen) atoms. The first kappa shape index (κ1) is 80.8. The minimum Gasteiger partial charge on any atom is -0.507 e. The summed E-state index contributed by atoms with van der Waals surface area (Å²) < 4.78 is 24.8. The Hall–Kier alpha value is -10.7. The van der Waals surface area contributed by atoms with Crippen molar-refractivity contribution < 1.29 is 82.6 Å². The molecule has 4 bridgehead atoms. The minimum atomic E-state index is -2.02. The molecule has 10 rings (SSSR count). The summed E-state index contributed by atoms with van der Waals surface area (Å²) in [5.74, 6) is -9.02. The highest BCUT2D eigenvalue weighted by atomic mass is 16.7. The van der Waals surface area contributed by atoms with Gasteiger partial charge in [0.05, 0.1) is 53.6 Å². The van der Waals surface area contributed by atoms with Gasteiger partial charge in [0.1, 0.15) is 34.8 Å². The van der Waals surface area contributed by atoms with Crippen molar-refractivity contribution in [1.82, 2.24) is 25.8 Å². The van der Waals surface area contributed by atoms with Gasteiger partial charge in [0.15, 0.2) is 22.4 Å². The quantitative estimate of drug-likeness (QED) is 0.00976. The molecule has 13 N–H and O–H groups in total. The second-order valence-electron chi connectivity index (χ2n) is 29.2. The van der Waals surface area contributed by atoms with E-state index in [4.69, 9.17) is 34.2 Å². The maximum atomic E-state index is 15.1. The number of aliphatic hydroxyl groups is 4. The van der Waals surface area contributed by atoms with E-state index in [1.165, 1.54) is 64.5 Å². The maximum absolute atomic E-state index is 15.1. The number of phenols is 1. The number of urea groups is 1. The highest BCUT2D eigenvalue weighted by Gasteiger charge is 2.44. The van der Waals surface area contributed by atoms with E-state index in [2.05, 4.69) is 32.1 Å². The third kappa shape index (κ3) is 18.4. The van der Waals surface area contributed by atoms with Gasteiger partial charge in [-0.25, -0.2) is 9.78 Å². The van der Waals surface area contributed by atoms with Gasteiger partial charge in [0.2, 0.25) is 28.6 Å². The number of carbonyl (C=O) groups is 7. The van der Waals surface area contributed by atoms with Gasteiger partial charge in [0.25, 0.3) is 17.7 Å². The zero-order valence-corrected chi connectivity index (χ0v) is 62.8. The number of imide groups is 1. The Labute approximate surface area is 629 Å². The van der Waals surface area contributed by atoms with Crippen LogP contribution in [-0.2, 0) is 49.7 Å². The molecule has 0 aliphatic carbocycles. The number of piperidine rings is 1. The Morgan fingerprint density at radius 2 is 1.47 bits per heavy atom. The molecule has 11 atom stereocenters. The van der Waals surface area contributed by atoms with Crippen molar-refractivity contribution in [2.75, 3.05) is 54.3 Å². The van der Waals surface area contributed by atoms with Crippen molar-refractivity contribution >= 4 is 103 Å². The van der Waals surface area contributed by atoms with Crippen LogP contribution in [0.4, 0.5) is 27.5 Å². The van der Waals surface area contributed by atoms with Gasteiger partial charge in [-0.1, -0.05) is 90.5 Å². The topological polar surface area (TPSA) is 422 Å². The molecule has 29 heteroatoms. The van der Waals surface area contributed by atoms with Gasteiger partial charge in [-0.2, -0.15) is 0 Å². The number of hydrogen-bond acceptors (Lipinski definition) is 22. The van der Waals surface area contributed by atoms with Crippen LogP contribution in [0.15, 0.2) is 123 Å². The first-order valence-electron chi connectivity index (χ1n) is 36.8. The Morgan fingerprint density at radius 3 is 2.14 bits per heavy atom. The van der Waals surface area contributed by atoms with Crippen LogP contribution in [0.1, 0.15) is 129 Å². The van der Waals surface area contributed by atoms with E-state index in [0.717, 1.165) is 16.0 Å². The molecule has 4 aliphatic heterocycles. The maximum Gasteiger partial charge on any atom is 0.312 e. The molecule has 0 saturated carbocycles. The third-order valence-electron chi connectivity index (χ3n) is 21.1. The summed E-state index contributed by atoms with van der Waals surface area (Å²) in [4.78, 5) is 133. The van der Waals surface area contributed by atoms with Gasteiger partial charge in [0, 0.05) is 122 Å². The fourth-order valence-corrected chi connectivity index (χ4v) is 14.3. The zero-order chi connectivity index (χ0) is 78.9. The molecular weight excluding hydrogens is 1400 g/mol. The van der Waals surface area contributed by atoms with Crippen LogP contribution in [0.25, 0.3) is 38.7 Å². The van der Waals surface area contributed by atoms with Crippen LogP contribution in [0.2, 0.25) is 0 Å². The number of aliphatic hydroxyl groups excluding tert-OH is 4. The minimum absolute atomic E-state index is 0.0273. The van der Waals surface area contributed by atoms with Crippen LogP contribution < -0.4 is 63.5 Å². The van der Waals surface area contributed by atoms with Crippen LogP contribution >= 0.6 is 0 Å². The second-order valence-corrected chi connectivity index (χ2v) is 29.2. The summed E-state index contributed by atoms with van der Waals surface area (Å²) in [7, 11) is 1.43. The lowest BCUT2D eigenvalue weighted by molar-refractivity contribution is -0.137. The number of unbranched alkanes of at least 4 members (excludes halogenated alkanes) is 2. The fourth-order valence-electron chi connectivity index (χ4n) is 14.3. The Balaban J connectivity index is 0.802. The monoisotopic (exact) mass is 1500 g/mol. The summed E-state index contributed by atoms with van der Waals surface area (Å²) in [6, 6.07) is 15.1. The number of benzene rings is 5. The van der Waals surface area contributed by atoms with Gasteiger partial charge >= 0.3 is 11.8 Å². The Bertz CT molecular complexity index is 4730. The number of fused-ring (bicyclic) bond motifs is 2. The molecule has 1 aromatic heterocycles. The summed E-state index contributed by atoms with van der Waals surface area (Å²) >= 11 is 0. The summed E-state index contributed by atoms with van der Waals surface area (Å²) in [6.07, 6.45) is 9.12. The highest BCUT2D eigenvalue weighted by molar-refractivity contribution is 6.17. The molecule has 582 valence electrons. The molecule has 0 spiro atoms. The SMILES string of the molecule is CO[C@H]1/C=C/O[C@@]2(C)Oc3c(C)c(O)c4c(=O)c(c5oc6cc(N7CCC(c8ccc(NOCc9ccc(NC(=O)[C@H](CCCNC(N)=O)NC(=O)[C@@H](NC(=O)CCCCCN%10C(=O)C=CC%10=O)C(C)C)cc9)cc8)CC7)cc(=O)c6nc5c4c3=C2O)NC(=O)/C(C)=C\C=C\[C@H](C)[C@H](O)[C@@H](C)[C@@H](O)[C@@H](C)[C@H](O)[C@@H]1C. The number of primary amides is 1. The standard InChI is InChI=1S/C80H98N10O19/c1-41(2)64(85-58(92)19-12-11-13-34-90-59(93)28-29-60(90)94)78(103)84-54(18-15-33-82-79(81)104)77(102)83-51-24-20-48(21-25-51)40-107-88-52-26-22-49(23-27-52)50-30-35-89(36-31-50)53-38-55(91)65-57(39-53)108-74-66(86-65)61-62-71(98)47(8)73-63(61)75(100)80(9,109-73)106-37-32-56(105-10)44(5)69(96)46(7)70(97)45(6)68(95)42(3)16-14-17-43(4)76(101)87-67(74)72(62)99/h14,16-17,20-29,32,37-39,41-42,44-46,50,54,56,64,68-70,88,95-98,100H,11-13,15,18-19,30-31,33-36,40H2,1-10H3,(H,83,102)(H,84,103)(H,85,92)(H,87,101)(H3,81,82,104)/b16-14+,37-32+,43-17-/t42-,44+,45+,46-,54-,56-,64-,68-,69+,70+,80-/m0/s1. The number of nitrogens with zero attached hydrogens (tertiary/aromatic N) is 3. The molecule has 5 heterocycles. The number of aromatic nitrogens is 1. The number of aromatic hydroxyl groups is 1. The van der Waals surface area contributed by atoms with E-state index in [0.29, 0.717) is 62.3 Å². The molecule has 0 radical (unpaired) electrons. The van der Waals surface area contributed by atoms with E-state index in [1.807, 2.05) is 29.2 Å². The number of anilines is 4. The van der Waals surface area contributed by atoms with Crippen molar-refractivity contribution in [3.05, 3.63) is 151 Å². The van der Waals surface area contributed by atoms with E-state index in [-0.39, 0.29) is 124 Å². The van der Waals surface area contributed by atoms with Gasteiger partial charge < -0.3 is 81.4 Å². The first-order chi connectivity index (χ1) is 51.9. The van der Waals surface area contributed by atoms with E-state index < -0.39 is 118 Å². The van der Waals surface area contributed by atoms with Crippen LogP contribution in [-0.4, -0.2) is 152 Å². The molecule has 1 saturated heterocycles. The lowest BCUT2D eigenvalue weighted by atomic mass is 9.78. The van der Waals surface area contributed by atoms with Crippen LogP contribution in [0.3, 0.4) is 0 Å². The van der Waals surface area contributed by atoms with E-state index >= 15 is 4.79 Å². The highest BCUT2D eigenvalue weighted by Crippen LogP contribution is 2.43. The number of rotatable bonds is 23. The molecule has 4 aliphatic rings. The van der Waals surface area contributed by atoms with E-state index in [9.17, 15) is 63.9 Å². The summed E-state index contributed by atoms with van der Waals surface area (Å²) in [5.41, 5.74) is 9.34. The van der Waals surface area contributed by atoms with Gasteiger partial charge in [-0.3, -0.25) is 53.6 Å². The number of hydrogen-bond donors (Lipinski definition) is 12. The largest absolute Gasteiger partial charge is 0.507 e. The predicted molar refractivity (Wildman–Crippen MR) is 409 cm³/mol. The summed E-state index contributed by atoms with van der Waals surface area (Å²) in [5, 5.41) is 71.8. The average Bonchev–Trinajstić information content (AvgIpc) is 1.68. The molecule has 0 unspecified atom stereocenters. The van der Waals surface area contributed by atoms with Crippen molar-refractivity contribution in [1.29, 1.82) is 0 Å². The second kappa shape index (κ2) is 35.1. The number of carbonyl (C=O) groups excluding carboxylic acids is 7. The molecular formula is C80H98N10O19. The number of phenolic OH excluding ortho intramolecular Hbond substituents is 1. The van der Waals surface area contributed by atoms with Gasteiger partial charge in [-0.15, -0.1) is 0 Å². The molecule has 6 aromatic rings. The van der Waals surface area contributed by atoms with Gasteiger partial charge in [-0.05, 0) is 106 Å². The smallest absolute Gasteiger partial charge is 0.312 e. The molecule has 1 fully saturated rings. The zero-order valence-electron chi connectivity index (χ0n) is 62.8.